The summed E-state index contributed by atoms with van der Waals surface area (Å²) in [6.45, 7) is 1.59. The summed E-state index contributed by atoms with van der Waals surface area (Å²) < 4.78 is 65.1. The molecule has 132 valence electrons. The van der Waals surface area contributed by atoms with E-state index in [9.17, 15) is 26.4 Å². The average Bonchev–Trinajstić information content (AvgIpc) is 2.55. The standard InChI is InChI=1S/C17H13F3O4S/c1-2-7-13-10-6-11-14(15(21)12-8-4-3-5-9-12)16(13)24-25(22,23)17(18,19)20/h2-11H,1H3. The molecule has 0 aliphatic rings. The Bertz CT molecular complexity index is 901. The summed E-state index contributed by atoms with van der Waals surface area (Å²) in [6, 6.07) is 11.7. The van der Waals surface area contributed by atoms with Crippen molar-refractivity contribution in [1.82, 2.24) is 0 Å². The molecule has 0 unspecified atom stereocenters. The number of allylic oxidation sites excluding steroid dienone is 1. The molecule has 0 aliphatic carbocycles. The number of benzene rings is 2. The molecule has 0 aliphatic heterocycles. The lowest BCUT2D eigenvalue weighted by Gasteiger charge is -2.15. The summed E-state index contributed by atoms with van der Waals surface area (Å²) in [5.74, 6) is -1.31. The zero-order valence-corrected chi connectivity index (χ0v) is 13.8. The molecule has 0 heterocycles. The molecule has 25 heavy (non-hydrogen) atoms. The van der Waals surface area contributed by atoms with Crippen molar-refractivity contribution in [2.24, 2.45) is 0 Å². The lowest BCUT2D eigenvalue weighted by molar-refractivity contribution is -0.0500. The van der Waals surface area contributed by atoms with Crippen LogP contribution in [0, 0.1) is 0 Å². The summed E-state index contributed by atoms with van der Waals surface area (Å²) >= 11 is 0. The van der Waals surface area contributed by atoms with Crippen LogP contribution < -0.4 is 4.18 Å². The van der Waals surface area contributed by atoms with Gasteiger partial charge in [-0.15, -0.1) is 0 Å². The number of ketones is 1. The first-order valence-corrected chi connectivity index (χ1v) is 8.44. The average molecular weight is 370 g/mol. The molecule has 0 spiro atoms. The van der Waals surface area contributed by atoms with Crippen LogP contribution in [0.3, 0.4) is 0 Å². The summed E-state index contributed by atoms with van der Waals surface area (Å²) in [7, 11) is -5.92. The van der Waals surface area contributed by atoms with Crippen molar-refractivity contribution in [1.29, 1.82) is 0 Å². The third-order valence-electron chi connectivity index (χ3n) is 3.15. The van der Waals surface area contributed by atoms with E-state index in [0.717, 1.165) is 0 Å². The second-order valence-corrected chi connectivity index (χ2v) is 6.44. The Morgan fingerprint density at radius 2 is 1.68 bits per heavy atom. The van der Waals surface area contributed by atoms with Gasteiger partial charge < -0.3 is 4.18 Å². The van der Waals surface area contributed by atoms with E-state index in [1.807, 2.05) is 0 Å². The first-order chi connectivity index (χ1) is 11.7. The number of para-hydroxylation sites is 1. The largest absolute Gasteiger partial charge is 0.534 e. The fourth-order valence-corrected chi connectivity index (χ4v) is 2.54. The minimum absolute atomic E-state index is 0.0390. The molecule has 0 radical (unpaired) electrons. The van der Waals surface area contributed by atoms with Gasteiger partial charge in [0.05, 0.1) is 5.56 Å². The molecule has 2 aromatic rings. The van der Waals surface area contributed by atoms with Gasteiger partial charge in [0.1, 0.15) is 0 Å². The van der Waals surface area contributed by atoms with Gasteiger partial charge >= 0.3 is 15.6 Å². The maximum Gasteiger partial charge on any atom is 0.534 e. The molecule has 0 N–H and O–H groups in total. The third-order valence-corrected chi connectivity index (χ3v) is 4.10. The second kappa shape index (κ2) is 7.10. The van der Waals surface area contributed by atoms with Crippen molar-refractivity contribution in [3.05, 3.63) is 71.3 Å². The van der Waals surface area contributed by atoms with Gasteiger partial charge in [0.25, 0.3) is 0 Å². The smallest absolute Gasteiger partial charge is 0.375 e. The van der Waals surface area contributed by atoms with Gasteiger partial charge in [0, 0.05) is 11.1 Å². The van der Waals surface area contributed by atoms with Crippen molar-refractivity contribution in [2.45, 2.75) is 12.4 Å². The van der Waals surface area contributed by atoms with Gasteiger partial charge in [-0.3, -0.25) is 4.79 Å². The van der Waals surface area contributed by atoms with Crippen molar-refractivity contribution in [2.75, 3.05) is 0 Å². The van der Waals surface area contributed by atoms with Gasteiger partial charge in [0.15, 0.2) is 11.5 Å². The van der Waals surface area contributed by atoms with E-state index >= 15 is 0 Å². The first kappa shape index (κ1) is 18.7. The molecule has 0 aromatic heterocycles. The van der Waals surface area contributed by atoms with Gasteiger partial charge in [-0.2, -0.15) is 21.6 Å². The highest BCUT2D eigenvalue weighted by molar-refractivity contribution is 7.88. The predicted octanol–water partition coefficient (Wildman–Crippen LogP) is 4.18. The van der Waals surface area contributed by atoms with E-state index in [2.05, 4.69) is 4.18 Å². The Labute approximate surface area is 142 Å². The van der Waals surface area contributed by atoms with Crippen LogP contribution in [0.4, 0.5) is 13.2 Å². The van der Waals surface area contributed by atoms with Gasteiger partial charge in [-0.25, -0.2) is 0 Å². The van der Waals surface area contributed by atoms with Gasteiger partial charge in [0.2, 0.25) is 0 Å². The zero-order valence-electron chi connectivity index (χ0n) is 12.9. The number of alkyl halides is 3. The molecule has 2 rings (SSSR count). The highest BCUT2D eigenvalue weighted by Crippen LogP contribution is 2.33. The maximum atomic E-state index is 12.7. The molecule has 4 nitrogen and oxygen atoms in total. The van der Waals surface area contributed by atoms with E-state index < -0.39 is 27.2 Å². The number of carbonyl (C=O) groups excluding carboxylic acids is 1. The Kier molecular flexibility index (Phi) is 5.32. The minimum Gasteiger partial charge on any atom is -0.375 e. The van der Waals surface area contributed by atoms with Crippen molar-refractivity contribution < 1.29 is 30.6 Å². The van der Waals surface area contributed by atoms with Crippen molar-refractivity contribution >= 4 is 22.0 Å². The fraction of sp³-hybridized carbons (Fsp3) is 0.118. The van der Waals surface area contributed by atoms with Gasteiger partial charge in [-0.05, 0) is 13.0 Å². The topological polar surface area (TPSA) is 60.4 Å². The van der Waals surface area contributed by atoms with Crippen LogP contribution in [-0.2, 0) is 10.1 Å². The Hall–Kier alpha value is -2.61. The molecule has 2 aromatic carbocycles. The number of rotatable bonds is 5. The van der Waals surface area contributed by atoms with Gasteiger partial charge in [-0.1, -0.05) is 54.6 Å². The number of halogens is 3. The second-order valence-electron chi connectivity index (χ2n) is 4.90. The van der Waals surface area contributed by atoms with Crippen LogP contribution in [-0.4, -0.2) is 19.7 Å². The highest BCUT2D eigenvalue weighted by Gasteiger charge is 2.49. The minimum atomic E-state index is -5.92. The Morgan fingerprint density at radius 3 is 2.24 bits per heavy atom. The molecule has 0 atom stereocenters. The molecular weight excluding hydrogens is 357 g/mol. The lowest BCUT2D eigenvalue weighted by atomic mass is 10.00. The van der Waals surface area contributed by atoms with Crippen LogP contribution in [0.25, 0.3) is 6.08 Å². The summed E-state index contributed by atoms with van der Waals surface area (Å²) in [4.78, 5) is 12.6. The number of carbonyl (C=O) groups is 1. The quantitative estimate of drug-likeness (QED) is 0.450. The molecule has 0 saturated carbocycles. The molecule has 0 bridgehead atoms. The van der Waals surface area contributed by atoms with Crippen LogP contribution in [0.5, 0.6) is 5.75 Å². The number of hydrogen-bond acceptors (Lipinski definition) is 4. The molecule has 0 saturated heterocycles. The van der Waals surface area contributed by atoms with Crippen molar-refractivity contribution in [3.63, 3.8) is 0 Å². The normalized spacial score (nSPS) is 12.3. The van der Waals surface area contributed by atoms with E-state index in [4.69, 9.17) is 0 Å². The van der Waals surface area contributed by atoms with E-state index in [1.165, 1.54) is 42.5 Å². The number of hydrogen-bond donors (Lipinski definition) is 0. The Balaban J connectivity index is 2.62. The third kappa shape index (κ3) is 4.08. The summed E-state index contributed by atoms with van der Waals surface area (Å²) in [5, 5.41) is 0. The van der Waals surface area contributed by atoms with Crippen LogP contribution in [0.1, 0.15) is 28.4 Å². The maximum absolute atomic E-state index is 12.7. The van der Waals surface area contributed by atoms with Crippen LogP contribution in [0.15, 0.2) is 54.6 Å². The SMILES string of the molecule is CC=Cc1cccc(C(=O)c2ccccc2)c1OS(=O)(=O)C(F)(F)F. The van der Waals surface area contributed by atoms with Crippen LogP contribution >= 0.6 is 0 Å². The van der Waals surface area contributed by atoms with E-state index in [-0.39, 0.29) is 16.7 Å². The first-order valence-electron chi connectivity index (χ1n) is 7.03. The fourth-order valence-electron chi connectivity index (χ4n) is 2.04. The predicted molar refractivity (Wildman–Crippen MR) is 86.6 cm³/mol. The van der Waals surface area contributed by atoms with E-state index in [0.29, 0.717) is 0 Å². The molecule has 0 fully saturated rings. The highest BCUT2D eigenvalue weighted by atomic mass is 32.2. The molecule has 0 amide bonds. The monoisotopic (exact) mass is 370 g/mol. The van der Waals surface area contributed by atoms with Crippen LogP contribution in [0.2, 0.25) is 0 Å². The lowest BCUT2D eigenvalue weighted by Crippen LogP contribution is -2.29. The Morgan fingerprint density at radius 1 is 1.04 bits per heavy atom. The van der Waals surface area contributed by atoms with Crippen molar-refractivity contribution in [3.8, 4) is 5.75 Å². The summed E-state index contributed by atoms with van der Waals surface area (Å²) in [5.41, 5.74) is -5.66. The molecular formula is C17H13F3O4S. The zero-order chi connectivity index (χ0) is 18.7. The summed E-state index contributed by atoms with van der Waals surface area (Å²) in [6.07, 6.45) is 2.84. The molecule has 8 heteroatoms. The van der Waals surface area contributed by atoms with E-state index in [1.54, 1.807) is 25.1 Å².